The molecule has 1 aliphatic heterocycles. The Morgan fingerprint density at radius 2 is 2.12 bits per heavy atom. The molecule has 0 radical (unpaired) electrons. The van der Waals surface area contributed by atoms with Crippen molar-refractivity contribution >= 4 is 0 Å². The molecule has 0 spiro atoms. The van der Waals surface area contributed by atoms with Gasteiger partial charge in [-0.1, -0.05) is 12.1 Å². The SMILES string of the molecule is COc1cccc(C2(CCO)CCNCC2)c1. The first-order chi connectivity index (χ1) is 8.30. The molecule has 0 bridgehead atoms. The van der Waals surface area contributed by atoms with Gasteiger partial charge >= 0.3 is 0 Å². The third kappa shape index (κ3) is 2.61. The third-order valence-corrected chi connectivity index (χ3v) is 3.83. The van der Waals surface area contributed by atoms with E-state index in [4.69, 9.17) is 4.74 Å². The van der Waals surface area contributed by atoms with Crippen LogP contribution in [-0.4, -0.2) is 31.9 Å². The molecule has 1 aromatic carbocycles. The number of methoxy groups -OCH3 is 1. The van der Waals surface area contributed by atoms with Crippen molar-refractivity contribution in [3.05, 3.63) is 29.8 Å². The lowest BCUT2D eigenvalue weighted by Crippen LogP contribution is -2.40. The molecule has 1 aromatic rings. The zero-order valence-electron chi connectivity index (χ0n) is 10.4. The van der Waals surface area contributed by atoms with Gasteiger partial charge in [0.1, 0.15) is 5.75 Å². The summed E-state index contributed by atoms with van der Waals surface area (Å²) >= 11 is 0. The fourth-order valence-electron chi connectivity index (χ4n) is 2.76. The van der Waals surface area contributed by atoms with Gasteiger partial charge in [0.05, 0.1) is 7.11 Å². The number of benzene rings is 1. The molecule has 2 N–H and O–H groups in total. The van der Waals surface area contributed by atoms with Crippen molar-refractivity contribution in [2.24, 2.45) is 0 Å². The van der Waals surface area contributed by atoms with Gasteiger partial charge in [0.25, 0.3) is 0 Å². The number of aliphatic hydroxyl groups is 1. The van der Waals surface area contributed by atoms with Gasteiger partial charge in [-0.15, -0.1) is 0 Å². The van der Waals surface area contributed by atoms with Gasteiger partial charge in [-0.2, -0.15) is 0 Å². The zero-order chi connectivity index (χ0) is 12.1. The van der Waals surface area contributed by atoms with Crippen molar-refractivity contribution < 1.29 is 9.84 Å². The van der Waals surface area contributed by atoms with Crippen LogP contribution in [0, 0.1) is 0 Å². The second-order valence-electron chi connectivity index (χ2n) is 4.74. The van der Waals surface area contributed by atoms with Crippen LogP contribution in [0.4, 0.5) is 0 Å². The largest absolute Gasteiger partial charge is 0.497 e. The molecule has 0 unspecified atom stereocenters. The topological polar surface area (TPSA) is 41.5 Å². The summed E-state index contributed by atoms with van der Waals surface area (Å²) < 4.78 is 5.29. The van der Waals surface area contributed by atoms with Crippen molar-refractivity contribution in [2.45, 2.75) is 24.7 Å². The average Bonchev–Trinajstić information content (AvgIpc) is 2.40. The monoisotopic (exact) mass is 235 g/mol. The quantitative estimate of drug-likeness (QED) is 0.834. The van der Waals surface area contributed by atoms with Crippen LogP contribution in [0.15, 0.2) is 24.3 Å². The first-order valence-electron chi connectivity index (χ1n) is 6.27. The van der Waals surface area contributed by atoms with Crippen LogP contribution in [0.3, 0.4) is 0 Å². The fourth-order valence-corrected chi connectivity index (χ4v) is 2.76. The highest BCUT2D eigenvalue weighted by molar-refractivity contribution is 5.34. The molecule has 3 heteroatoms. The molecule has 1 heterocycles. The summed E-state index contributed by atoms with van der Waals surface area (Å²) in [5.41, 5.74) is 1.42. The van der Waals surface area contributed by atoms with Gasteiger partial charge in [0, 0.05) is 12.0 Å². The van der Waals surface area contributed by atoms with Crippen LogP contribution < -0.4 is 10.1 Å². The Balaban J connectivity index is 2.30. The summed E-state index contributed by atoms with van der Waals surface area (Å²) in [4.78, 5) is 0. The van der Waals surface area contributed by atoms with E-state index in [1.165, 1.54) is 5.56 Å². The van der Waals surface area contributed by atoms with Crippen molar-refractivity contribution in [2.75, 3.05) is 26.8 Å². The van der Waals surface area contributed by atoms with Crippen molar-refractivity contribution in [1.82, 2.24) is 5.32 Å². The maximum absolute atomic E-state index is 9.32. The Labute approximate surface area is 103 Å². The number of hydrogen-bond acceptors (Lipinski definition) is 3. The van der Waals surface area contributed by atoms with Gasteiger partial charge in [-0.3, -0.25) is 0 Å². The minimum atomic E-state index is 0.120. The highest BCUT2D eigenvalue weighted by Gasteiger charge is 2.33. The lowest BCUT2D eigenvalue weighted by atomic mass is 9.71. The predicted octanol–water partition coefficient (Wildman–Crippen LogP) is 1.70. The van der Waals surface area contributed by atoms with E-state index in [2.05, 4.69) is 17.4 Å². The molecule has 17 heavy (non-hydrogen) atoms. The van der Waals surface area contributed by atoms with E-state index in [0.717, 1.165) is 38.1 Å². The summed E-state index contributed by atoms with van der Waals surface area (Å²) in [6.07, 6.45) is 3.00. The summed E-state index contributed by atoms with van der Waals surface area (Å²) in [7, 11) is 1.69. The van der Waals surface area contributed by atoms with Crippen LogP contribution in [0.1, 0.15) is 24.8 Å². The second kappa shape index (κ2) is 5.52. The Kier molecular flexibility index (Phi) is 4.02. The molecule has 2 rings (SSSR count). The van der Waals surface area contributed by atoms with Gasteiger partial charge in [-0.25, -0.2) is 0 Å². The summed E-state index contributed by atoms with van der Waals surface area (Å²) in [5, 5.41) is 12.7. The average molecular weight is 235 g/mol. The van der Waals surface area contributed by atoms with E-state index in [9.17, 15) is 5.11 Å². The van der Waals surface area contributed by atoms with E-state index in [1.54, 1.807) is 7.11 Å². The van der Waals surface area contributed by atoms with Gasteiger partial charge in [-0.05, 0) is 50.0 Å². The minimum Gasteiger partial charge on any atom is -0.497 e. The third-order valence-electron chi connectivity index (χ3n) is 3.83. The molecule has 94 valence electrons. The Morgan fingerprint density at radius 1 is 1.35 bits per heavy atom. The number of hydrogen-bond donors (Lipinski definition) is 2. The van der Waals surface area contributed by atoms with E-state index in [1.807, 2.05) is 12.1 Å². The van der Waals surface area contributed by atoms with Gasteiger partial charge in [0.15, 0.2) is 0 Å². The van der Waals surface area contributed by atoms with Crippen LogP contribution in [0.2, 0.25) is 0 Å². The second-order valence-corrected chi connectivity index (χ2v) is 4.74. The van der Waals surface area contributed by atoms with E-state index >= 15 is 0 Å². The maximum atomic E-state index is 9.32. The zero-order valence-corrected chi connectivity index (χ0v) is 10.4. The maximum Gasteiger partial charge on any atom is 0.119 e. The Morgan fingerprint density at radius 3 is 2.76 bits per heavy atom. The standard InChI is InChI=1S/C14H21NO2/c1-17-13-4-2-3-12(11-13)14(7-10-16)5-8-15-9-6-14/h2-4,11,15-16H,5-10H2,1H3. The molecule has 0 saturated carbocycles. The van der Waals surface area contributed by atoms with Crippen LogP contribution in [0.25, 0.3) is 0 Å². The smallest absolute Gasteiger partial charge is 0.119 e. The number of piperidine rings is 1. The normalized spacial score (nSPS) is 18.9. The molecular formula is C14H21NO2. The van der Waals surface area contributed by atoms with Crippen molar-refractivity contribution in [1.29, 1.82) is 0 Å². The molecule has 0 amide bonds. The number of nitrogens with one attached hydrogen (secondary N) is 1. The lowest BCUT2D eigenvalue weighted by molar-refractivity contribution is 0.204. The van der Waals surface area contributed by atoms with Gasteiger partial charge < -0.3 is 15.2 Å². The molecule has 0 aromatic heterocycles. The van der Waals surface area contributed by atoms with Crippen molar-refractivity contribution in [3.63, 3.8) is 0 Å². The summed E-state index contributed by atoms with van der Waals surface area (Å²) in [6.45, 7) is 2.30. The van der Waals surface area contributed by atoms with E-state index in [0.29, 0.717) is 0 Å². The Bertz CT molecular complexity index is 353. The minimum absolute atomic E-state index is 0.120. The first-order valence-corrected chi connectivity index (χ1v) is 6.27. The molecule has 0 aliphatic carbocycles. The molecule has 1 saturated heterocycles. The molecule has 0 atom stereocenters. The lowest BCUT2D eigenvalue weighted by Gasteiger charge is -2.38. The number of rotatable bonds is 4. The molecule has 1 aliphatic rings. The molecule has 1 fully saturated rings. The first kappa shape index (κ1) is 12.4. The van der Waals surface area contributed by atoms with Crippen LogP contribution in [-0.2, 0) is 5.41 Å². The van der Waals surface area contributed by atoms with Crippen LogP contribution in [0.5, 0.6) is 5.75 Å². The molecular weight excluding hydrogens is 214 g/mol. The summed E-state index contributed by atoms with van der Waals surface area (Å²) in [5.74, 6) is 0.901. The highest BCUT2D eigenvalue weighted by atomic mass is 16.5. The van der Waals surface area contributed by atoms with Gasteiger partial charge in [0.2, 0.25) is 0 Å². The van der Waals surface area contributed by atoms with Crippen LogP contribution >= 0.6 is 0 Å². The van der Waals surface area contributed by atoms with E-state index < -0.39 is 0 Å². The summed E-state index contributed by atoms with van der Waals surface area (Å²) in [6, 6.07) is 8.27. The van der Waals surface area contributed by atoms with Crippen molar-refractivity contribution in [3.8, 4) is 5.75 Å². The predicted molar refractivity (Wildman–Crippen MR) is 68.5 cm³/mol. The number of ether oxygens (including phenoxy) is 1. The van der Waals surface area contributed by atoms with E-state index in [-0.39, 0.29) is 12.0 Å². The Hall–Kier alpha value is -1.06. The highest BCUT2D eigenvalue weighted by Crippen LogP contribution is 2.37. The number of aliphatic hydroxyl groups excluding tert-OH is 1. The fraction of sp³-hybridized carbons (Fsp3) is 0.571. The molecule has 3 nitrogen and oxygen atoms in total.